The highest BCUT2D eigenvalue weighted by Crippen LogP contribution is 2.22. The molecule has 108 valence electrons. The normalized spacial score (nSPS) is 23.2. The molecule has 0 aromatic heterocycles. The van der Waals surface area contributed by atoms with E-state index in [-0.39, 0.29) is 12.4 Å². The largest absolute Gasteiger partial charge is 0.389 e. The first kappa shape index (κ1) is 15.0. The monoisotopic (exact) mass is 277 g/mol. The molecule has 4 heteroatoms. The van der Waals surface area contributed by atoms with Crippen molar-refractivity contribution < 1.29 is 14.6 Å². The van der Waals surface area contributed by atoms with Gasteiger partial charge < -0.3 is 10.2 Å². The van der Waals surface area contributed by atoms with Crippen molar-refractivity contribution in [2.24, 2.45) is 0 Å². The van der Waals surface area contributed by atoms with E-state index in [2.05, 4.69) is 16.7 Å². The fourth-order valence-corrected chi connectivity index (χ4v) is 2.67. The Hall–Kier alpha value is -1.41. The molecular formula is C16H20FNO2. The predicted octanol–water partition coefficient (Wildman–Crippen LogP) is 1.52. The maximum Gasteiger partial charge on any atom is 0.124 e. The van der Waals surface area contributed by atoms with Gasteiger partial charge in [0.15, 0.2) is 0 Å². The van der Waals surface area contributed by atoms with Crippen LogP contribution in [-0.4, -0.2) is 40.4 Å². The van der Waals surface area contributed by atoms with E-state index in [4.69, 9.17) is 5.11 Å². The van der Waals surface area contributed by atoms with Crippen molar-refractivity contribution in [3.05, 3.63) is 35.1 Å². The summed E-state index contributed by atoms with van der Waals surface area (Å²) in [6, 6.07) is 4.68. The van der Waals surface area contributed by atoms with E-state index in [9.17, 15) is 9.50 Å². The van der Waals surface area contributed by atoms with Crippen LogP contribution < -0.4 is 0 Å². The number of benzene rings is 1. The number of hydrogen-bond acceptors (Lipinski definition) is 3. The van der Waals surface area contributed by atoms with E-state index in [1.165, 1.54) is 12.1 Å². The summed E-state index contributed by atoms with van der Waals surface area (Å²) < 4.78 is 13.6. The van der Waals surface area contributed by atoms with Crippen molar-refractivity contribution in [1.82, 2.24) is 4.90 Å². The fraction of sp³-hybridized carbons (Fsp3) is 0.500. The van der Waals surface area contributed by atoms with Gasteiger partial charge in [-0.15, -0.1) is 0 Å². The van der Waals surface area contributed by atoms with Crippen LogP contribution in [0.4, 0.5) is 4.39 Å². The molecule has 2 N–H and O–H groups in total. The van der Waals surface area contributed by atoms with E-state index in [1.807, 2.05) is 13.0 Å². The van der Waals surface area contributed by atoms with Gasteiger partial charge in [-0.05, 0) is 50.1 Å². The van der Waals surface area contributed by atoms with Crippen molar-refractivity contribution in [1.29, 1.82) is 0 Å². The number of β-amino-alcohol motifs (C(OH)–C–C–N with tert-alkyl or cyclic N) is 1. The molecule has 1 saturated heterocycles. The van der Waals surface area contributed by atoms with E-state index in [1.54, 1.807) is 0 Å². The first-order valence-electron chi connectivity index (χ1n) is 6.82. The van der Waals surface area contributed by atoms with Gasteiger partial charge in [-0.3, -0.25) is 4.90 Å². The van der Waals surface area contributed by atoms with Gasteiger partial charge in [0.2, 0.25) is 0 Å². The molecule has 0 spiro atoms. The molecule has 3 nitrogen and oxygen atoms in total. The van der Waals surface area contributed by atoms with Gasteiger partial charge in [-0.2, -0.15) is 0 Å². The molecule has 0 amide bonds. The molecule has 1 aromatic carbocycles. The van der Waals surface area contributed by atoms with Crippen LogP contribution in [0.25, 0.3) is 0 Å². The highest BCUT2D eigenvalue weighted by molar-refractivity contribution is 5.37. The molecule has 1 heterocycles. The van der Waals surface area contributed by atoms with Crippen molar-refractivity contribution in [2.45, 2.75) is 31.9 Å². The quantitative estimate of drug-likeness (QED) is 0.806. The number of halogens is 1. The van der Waals surface area contributed by atoms with E-state index < -0.39 is 5.60 Å². The minimum Gasteiger partial charge on any atom is -0.389 e. The highest BCUT2D eigenvalue weighted by Gasteiger charge is 2.28. The van der Waals surface area contributed by atoms with Gasteiger partial charge in [0, 0.05) is 18.7 Å². The van der Waals surface area contributed by atoms with E-state index >= 15 is 0 Å². The Morgan fingerprint density at radius 3 is 2.90 bits per heavy atom. The van der Waals surface area contributed by atoms with Gasteiger partial charge in [-0.1, -0.05) is 11.8 Å². The molecule has 1 atom stereocenters. The standard InChI is InChI=1S/C16H20FNO2/c1-16(20)5-3-6-18(12-16)11-14-8-13(4-2-7-19)9-15(17)10-14/h8-10,19-20H,3,5-7,11-12H2,1H3. The Morgan fingerprint density at radius 2 is 2.20 bits per heavy atom. The molecule has 2 rings (SSSR count). The lowest BCUT2D eigenvalue weighted by Crippen LogP contribution is -2.45. The molecule has 1 fully saturated rings. The number of piperidine rings is 1. The molecule has 1 aliphatic rings. The fourth-order valence-electron chi connectivity index (χ4n) is 2.67. The van der Waals surface area contributed by atoms with Crippen molar-refractivity contribution in [3.63, 3.8) is 0 Å². The number of aliphatic hydroxyl groups excluding tert-OH is 1. The van der Waals surface area contributed by atoms with Gasteiger partial charge in [-0.25, -0.2) is 4.39 Å². The molecule has 20 heavy (non-hydrogen) atoms. The summed E-state index contributed by atoms with van der Waals surface area (Å²) in [4.78, 5) is 2.13. The molecule has 0 bridgehead atoms. The lowest BCUT2D eigenvalue weighted by molar-refractivity contribution is -0.0181. The third kappa shape index (κ3) is 4.31. The summed E-state index contributed by atoms with van der Waals surface area (Å²) in [5, 5.41) is 18.8. The lowest BCUT2D eigenvalue weighted by atomic mass is 9.95. The number of hydrogen-bond donors (Lipinski definition) is 2. The Kier molecular flexibility index (Phi) is 4.77. The van der Waals surface area contributed by atoms with Crippen LogP contribution in [0.1, 0.15) is 30.9 Å². The van der Waals surface area contributed by atoms with Crippen LogP contribution in [0, 0.1) is 17.7 Å². The molecule has 0 aliphatic carbocycles. The van der Waals surface area contributed by atoms with Crippen molar-refractivity contribution in [2.75, 3.05) is 19.7 Å². The van der Waals surface area contributed by atoms with Crippen molar-refractivity contribution >= 4 is 0 Å². The topological polar surface area (TPSA) is 43.7 Å². The van der Waals surface area contributed by atoms with Gasteiger partial charge in [0.1, 0.15) is 12.4 Å². The molecule has 1 unspecified atom stereocenters. The summed E-state index contributed by atoms with van der Waals surface area (Å²) in [6.45, 7) is 3.71. The number of nitrogens with zero attached hydrogens (tertiary/aromatic N) is 1. The molecular weight excluding hydrogens is 257 g/mol. The second kappa shape index (κ2) is 6.36. The maximum atomic E-state index is 13.6. The number of aliphatic hydroxyl groups is 2. The van der Waals surface area contributed by atoms with Gasteiger partial charge >= 0.3 is 0 Å². The van der Waals surface area contributed by atoms with Crippen molar-refractivity contribution in [3.8, 4) is 11.8 Å². The second-order valence-electron chi connectivity index (χ2n) is 5.62. The van der Waals surface area contributed by atoms with Crippen LogP contribution in [0.5, 0.6) is 0 Å². The molecule has 0 saturated carbocycles. The minimum absolute atomic E-state index is 0.235. The Labute approximate surface area is 119 Å². The van der Waals surface area contributed by atoms with Crippen LogP contribution in [0.15, 0.2) is 18.2 Å². The average Bonchev–Trinajstić information content (AvgIpc) is 2.34. The number of rotatable bonds is 2. The highest BCUT2D eigenvalue weighted by atomic mass is 19.1. The Morgan fingerprint density at radius 1 is 1.40 bits per heavy atom. The Balaban J connectivity index is 2.11. The predicted molar refractivity (Wildman–Crippen MR) is 75.5 cm³/mol. The second-order valence-corrected chi connectivity index (χ2v) is 5.62. The summed E-state index contributed by atoms with van der Waals surface area (Å²) >= 11 is 0. The molecule has 0 radical (unpaired) electrons. The zero-order valence-corrected chi connectivity index (χ0v) is 11.7. The summed E-state index contributed by atoms with van der Waals surface area (Å²) in [5.74, 6) is 4.92. The average molecular weight is 277 g/mol. The zero-order chi connectivity index (χ0) is 14.6. The summed E-state index contributed by atoms with van der Waals surface area (Å²) in [6.07, 6.45) is 1.75. The smallest absolute Gasteiger partial charge is 0.124 e. The maximum absolute atomic E-state index is 13.6. The first-order valence-corrected chi connectivity index (χ1v) is 6.82. The first-order chi connectivity index (χ1) is 9.48. The SMILES string of the molecule is CC1(O)CCCN(Cc2cc(F)cc(C#CCO)c2)C1. The van der Waals surface area contributed by atoms with Gasteiger partial charge in [0.25, 0.3) is 0 Å². The third-order valence-electron chi connectivity index (χ3n) is 3.43. The Bertz CT molecular complexity index is 531. The number of likely N-dealkylation sites (tertiary alicyclic amines) is 1. The van der Waals surface area contributed by atoms with Gasteiger partial charge in [0.05, 0.1) is 5.60 Å². The van der Waals surface area contributed by atoms with E-state index in [0.717, 1.165) is 24.9 Å². The lowest BCUT2D eigenvalue weighted by Gasteiger charge is -2.36. The summed E-state index contributed by atoms with van der Waals surface area (Å²) in [5.41, 5.74) is 0.744. The minimum atomic E-state index is -0.662. The molecule has 1 aromatic rings. The third-order valence-corrected chi connectivity index (χ3v) is 3.43. The van der Waals surface area contributed by atoms with Crippen LogP contribution in [0.2, 0.25) is 0 Å². The van der Waals surface area contributed by atoms with E-state index in [0.29, 0.717) is 18.7 Å². The summed E-state index contributed by atoms with van der Waals surface area (Å²) in [7, 11) is 0. The van der Waals surface area contributed by atoms with Crippen LogP contribution in [0.3, 0.4) is 0 Å². The zero-order valence-electron chi connectivity index (χ0n) is 11.7. The van der Waals surface area contributed by atoms with Crippen LogP contribution >= 0.6 is 0 Å². The van der Waals surface area contributed by atoms with Crippen LogP contribution in [-0.2, 0) is 6.54 Å². The molecule has 1 aliphatic heterocycles.